The lowest BCUT2D eigenvalue weighted by molar-refractivity contribution is -0.141. The van der Waals surface area contributed by atoms with Crippen LogP contribution in [-0.4, -0.2) is 33.3 Å². The van der Waals surface area contributed by atoms with Crippen LogP contribution in [0.15, 0.2) is 18.2 Å². The van der Waals surface area contributed by atoms with Gasteiger partial charge in [0.1, 0.15) is 6.54 Å². The van der Waals surface area contributed by atoms with E-state index in [0.717, 1.165) is 4.31 Å². The molecule has 0 fully saturated rings. The molecule has 5 nitrogen and oxygen atoms in total. The standard InChI is InChI=1S/C12H15Cl2NO4S/c1-3-19-11(16)8-15(20(17,18)4-2)10-7-5-6-9(13)12(10)14/h5-7H,3-4,8H2,1-2H3. The van der Waals surface area contributed by atoms with Crippen LogP contribution in [0.5, 0.6) is 0 Å². The van der Waals surface area contributed by atoms with E-state index in [9.17, 15) is 13.2 Å². The molecule has 20 heavy (non-hydrogen) atoms. The predicted molar refractivity (Wildman–Crippen MR) is 79.9 cm³/mol. The van der Waals surface area contributed by atoms with Crippen molar-refractivity contribution >= 4 is 44.9 Å². The number of halogens is 2. The molecule has 0 heterocycles. The van der Waals surface area contributed by atoms with Crippen LogP contribution < -0.4 is 4.31 Å². The Balaban J connectivity index is 3.24. The molecule has 0 N–H and O–H groups in total. The summed E-state index contributed by atoms with van der Waals surface area (Å²) in [6.07, 6.45) is 0. The molecule has 0 aliphatic rings. The van der Waals surface area contributed by atoms with Crippen molar-refractivity contribution in [2.24, 2.45) is 0 Å². The Hall–Kier alpha value is -0.980. The third-order valence-electron chi connectivity index (χ3n) is 2.48. The first kappa shape index (κ1) is 17.1. The molecule has 1 aromatic rings. The molecular weight excluding hydrogens is 325 g/mol. The zero-order chi connectivity index (χ0) is 15.3. The van der Waals surface area contributed by atoms with Crippen molar-refractivity contribution in [3.8, 4) is 0 Å². The zero-order valence-electron chi connectivity index (χ0n) is 11.1. The number of esters is 1. The minimum Gasteiger partial charge on any atom is -0.465 e. The minimum absolute atomic E-state index is 0.0792. The van der Waals surface area contributed by atoms with Gasteiger partial charge in [-0.15, -0.1) is 0 Å². The van der Waals surface area contributed by atoms with Crippen LogP contribution in [0.2, 0.25) is 10.0 Å². The van der Waals surface area contributed by atoms with Crippen LogP contribution in [0.1, 0.15) is 13.8 Å². The molecule has 0 amide bonds. The van der Waals surface area contributed by atoms with Gasteiger partial charge in [-0.2, -0.15) is 0 Å². The van der Waals surface area contributed by atoms with Crippen LogP contribution >= 0.6 is 23.2 Å². The second kappa shape index (κ2) is 7.15. The smallest absolute Gasteiger partial charge is 0.326 e. The van der Waals surface area contributed by atoms with Crippen LogP contribution in [0.25, 0.3) is 0 Å². The SMILES string of the molecule is CCOC(=O)CN(c1cccc(Cl)c1Cl)S(=O)(=O)CC. The second-order valence-corrected chi connectivity index (χ2v) is 6.75. The number of rotatable bonds is 6. The lowest BCUT2D eigenvalue weighted by Gasteiger charge is -2.24. The average molecular weight is 340 g/mol. The summed E-state index contributed by atoms with van der Waals surface area (Å²) in [4.78, 5) is 11.6. The fourth-order valence-electron chi connectivity index (χ4n) is 1.50. The van der Waals surface area contributed by atoms with Crippen molar-refractivity contribution in [3.63, 3.8) is 0 Å². The van der Waals surface area contributed by atoms with Gasteiger partial charge in [0.15, 0.2) is 0 Å². The maximum absolute atomic E-state index is 12.1. The van der Waals surface area contributed by atoms with Gasteiger partial charge >= 0.3 is 5.97 Å². The van der Waals surface area contributed by atoms with E-state index in [1.807, 2.05) is 0 Å². The van der Waals surface area contributed by atoms with E-state index in [4.69, 9.17) is 27.9 Å². The quantitative estimate of drug-likeness (QED) is 0.747. The number of carbonyl (C=O) groups excluding carboxylic acids is 1. The Bertz CT molecular complexity index is 589. The van der Waals surface area contributed by atoms with Crippen LogP contribution in [0, 0.1) is 0 Å². The van der Waals surface area contributed by atoms with Crippen molar-refractivity contribution in [1.29, 1.82) is 0 Å². The van der Waals surface area contributed by atoms with Gasteiger partial charge in [-0.25, -0.2) is 8.42 Å². The Morgan fingerprint density at radius 2 is 1.95 bits per heavy atom. The third kappa shape index (κ3) is 4.01. The van der Waals surface area contributed by atoms with Crippen molar-refractivity contribution in [2.45, 2.75) is 13.8 Å². The average Bonchev–Trinajstić information content (AvgIpc) is 2.40. The van der Waals surface area contributed by atoms with Crippen molar-refractivity contribution in [1.82, 2.24) is 0 Å². The molecule has 1 rings (SSSR count). The van der Waals surface area contributed by atoms with Crippen molar-refractivity contribution < 1.29 is 17.9 Å². The maximum atomic E-state index is 12.1. The molecule has 0 saturated carbocycles. The van der Waals surface area contributed by atoms with E-state index in [0.29, 0.717) is 0 Å². The highest BCUT2D eigenvalue weighted by Crippen LogP contribution is 2.33. The molecule has 0 aromatic heterocycles. The second-order valence-electron chi connectivity index (χ2n) is 3.79. The van der Waals surface area contributed by atoms with Crippen LogP contribution in [0.4, 0.5) is 5.69 Å². The number of sulfonamides is 1. The lowest BCUT2D eigenvalue weighted by Crippen LogP contribution is -2.37. The summed E-state index contributed by atoms with van der Waals surface area (Å²) < 4.78 is 29.9. The van der Waals surface area contributed by atoms with Gasteiger partial charge in [-0.3, -0.25) is 9.10 Å². The molecule has 0 aliphatic heterocycles. The molecule has 0 radical (unpaired) electrons. The molecule has 0 atom stereocenters. The monoisotopic (exact) mass is 339 g/mol. The van der Waals surface area contributed by atoms with Gasteiger partial charge in [-0.05, 0) is 26.0 Å². The van der Waals surface area contributed by atoms with Crippen LogP contribution in [-0.2, 0) is 19.6 Å². The number of benzene rings is 1. The predicted octanol–water partition coefficient (Wildman–Crippen LogP) is 2.71. The highest BCUT2D eigenvalue weighted by molar-refractivity contribution is 7.92. The normalized spacial score (nSPS) is 11.2. The Labute approximate surface area is 128 Å². The summed E-state index contributed by atoms with van der Waals surface area (Å²) in [7, 11) is -3.68. The number of hydrogen-bond donors (Lipinski definition) is 0. The highest BCUT2D eigenvalue weighted by Gasteiger charge is 2.26. The van der Waals surface area contributed by atoms with Crippen molar-refractivity contribution in [3.05, 3.63) is 28.2 Å². The first-order valence-corrected chi connectivity index (χ1v) is 8.30. The maximum Gasteiger partial charge on any atom is 0.326 e. The van der Waals surface area contributed by atoms with Crippen molar-refractivity contribution in [2.75, 3.05) is 23.2 Å². The van der Waals surface area contributed by atoms with E-state index >= 15 is 0 Å². The molecule has 8 heteroatoms. The summed E-state index contributed by atoms with van der Waals surface area (Å²) in [5.74, 6) is -0.824. The lowest BCUT2D eigenvalue weighted by atomic mass is 10.3. The summed E-state index contributed by atoms with van der Waals surface area (Å²) in [5.41, 5.74) is 0.161. The molecule has 0 unspecified atom stereocenters. The first-order valence-electron chi connectivity index (χ1n) is 5.93. The van der Waals surface area contributed by atoms with E-state index in [-0.39, 0.29) is 28.1 Å². The fourth-order valence-corrected chi connectivity index (χ4v) is 3.01. The molecular formula is C12H15Cl2NO4S. The summed E-state index contributed by atoms with van der Waals surface area (Å²) in [6.45, 7) is 2.85. The molecule has 0 bridgehead atoms. The zero-order valence-corrected chi connectivity index (χ0v) is 13.4. The van der Waals surface area contributed by atoms with E-state index in [1.54, 1.807) is 13.0 Å². The number of anilines is 1. The number of ether oxygens (including phenoxy) is 1. The summed E-state index contributed by atoms with van der Waals surface area (Å²) in [5, 5.41) is 0.291. The first-order chi connectivity index (χ1) is 9.33. The van der Waals surface area contributed by atoms with Gasteiger partial charge < -0.3 is 4.74 Å². The van der Waals surface area contributed by atoms with Gasteiger partial charge in [0.25, 0.3) is 0 Å². The number of hydrogen-bond acceptors (Lipinski definition) is 4. The van der Waals surface area contributed by atoms with Gasteiger partial charge in [-0.1, -0.05) is 29.3 Å². The molecule has 0 saturated heterocycles. The molecule has 0 spiro atoms. The summed E-state index contributed by atoms with van der Waals surface area (Å²) >= 11 is 11.9. The molecule has 112 valence electrons. The fraction of sp³-hybridized carbons (Fsp3) is 0.417. The van der Waals surface area contributed by atoms with E-state index < -0.39 is 22.5 Å². The minimum atomic E-state index is -3.68. The molecule has 1 aromatic carbocycles. The number of nitrogens with zero attached hydrogens (tertiary/aromatic N) is 1. The Morgan fingerprint density at radius 3 is 2.50 bits per heavy atom. The Morgan fingerprint density at radius 1 is 1.30 bits per heavy atom. The third-order valence-corrected chi connectivity index (χ3v) is 5.01. The van der Waals surface area contributed by atoms with E-state index in [2.05, 4.69) is 0 Å². The van der Waals surface area contributed by atoms with E-state index in [1.165, 1.54) is 19.1 Å². The summed E-state index contributed by atoms with van der Waals surface area (Å²) in [6, 6.07) is 4.59. The van der Waals surface area contributed by atoms with Gasteiger partial charge in [0, 0.05) is 0 Å². The Kier molecular flexibility index (Phi) is 6.10. The molecule has 0 aliphatic carbocycles. The number of carbonyl (C=O) groups is 1. The van der Waals surface area contributed by atoms with Gasteiger partial charge in [0.05, 0.1) is 28.1 Å². The van der Waals surface area contributed by atoms with Crippen LogP contribution in [0.3, 0.4) is 0 Å². The largest absolute Gasteiger partial charge is 0.465 e. The topological polar surface area (TPSA) is 63.7 Å². The highest BCUT2D eigenvalue weighted by atomic mass is 35.5. The van der Waals surface area contributed by atoms with Gasteiger partial charge in [0.2, 0.25) is 10.0 Å².